The van der Waals surface area contributed by atoms with Gasteiger partial charge in [0.25, 0.3) is 0 Å². The average Bonchev–Trinajstić information content (AvgIpc) is 3.51. The zero-order chi connectivity index (χ0) is 26.5. The molecule has 10 heteroatoms. The molecule has 0 spiro atoms. The highest BCUT2D eigenvalue weighted by Gasteiger charge is 2.34. The molecule has 2 saturated heterocycles. The maximum atomic E-state index is 16.4. The van der Waals surface area contributed by atoms with E-state index in [-0.39, 0.29) is 23.0 Å². The van der Waals surface area contributed by atoms with Crippen molar-refractivity contribution < 1.29 is 14.2 Å². The van der Waals surface area contributed by atoms with Crippen LogP contribution in [0.3, 0.4) is 0 Å². The molecule has 2 atom stereocenters. The van der Waals surface area contributed by atoms with Gasteiger partial charge >= 0.3 is 6.01 Å². The second-order valence-corrected chi connectivity index (χ2v) is 10.4. The number of rotatable bonds is 6. The van der Waals surface area contributed by atoms with Crippen molar-refractivity contribution >= 4 is 27.5 Å². The number of benzene rings is 2. The molecule has 0 radical (unpaired) electrons. The molecule has 9 nitrogen and oxygen atoms in total. The summed E-state index contributed by atoms with van der Waals surface area (Å²) < 4.78 is 24.3. The maximum Gasteiger partial charge on any atom is 0.319 e. The fraction of sp³-hybridized carbons (Fsp3) is 0.310. The molecule has 0 saturated carbocycles. The highest BCUT2D eigenvalue weighted by atomic mass is 19.1. The molecule has 2 unspecified atom stereocenters. The lowest BCUT2D eigenvalue weighted by molar-refractivity contribution is 0.294. The summed E-state index contributed by atoms with van der Waals surface area (Å²) in [7, 11) is 1.93. The Kier molecular flexibility index (Phi) is 5.77. The van der Waals surface area contributed by atoms with E-state index >= 15 is 4.39 Å². The Labute approximate surface area is 224 Å². The number of aryl methyl sites for hydroxylation is 1. The van der Waals surface area contributed by atoms with E-state index in [4.69, 9.17) is 9.72 Å². The van der Waals surface area contributed by atoms with Crippen LogP contribution in [0.4, 0.5) is 10.2 Å². The minimum Gasteiger partial charge on any atom is -0.508 e. The topological polar surface area (TPSA) is 101 Å². The number of pyridine rings is 1. The van der Waals surface area contributed by atoms with Crippen LogP contribution in [0.25, 0.3) is 32.9 Å². The van der Waals surface area contributed by atoms with Gasteiger partial charge < -0.3 is 24.6 Å². The van der Waals surface area contributed by atoms with E-state index in [1.165, 1.54) is 0 Å². The summed E-state index contributed by atoms with van der Waals surface area (Å²) in [6.45, 7) is 1.88. The van der Waals surface area contributed by atoms with Gasteiger partial charge in [0, 0.05) is 62.3 Å². The summed E-state index contributed by atoms with van der Waals surface area (Å²) in [5.41, 5.74) is 1.80. The molecule has 39 heavy (non-hydrogen) atoms. The van der Waals surface area contributed by atoms with E-state index in [0.29, 0.717) is 41.9 Å². The van der Waals surface area contributed by atoms with Crippen molar-refractivity contribution in [1.29, 1.82) is 0 Å². The van der Waals surface area contributed by atoms with Gasteiger partial charge in [-0.25, -0.2) is 9.37 Å². The number of ether oxygens (including phenoxy) is 1. The van der Waals surface area contributed by atoms with Crippen LogP contribution in [-0.4, -0.2) is 61.4 Å². The molecule has 3 aromatic heterocycles. The van der Waals surface area contributed by atoms with Gasteiger partial charge in [-0.1, -0.05) is 24.3 Å². The monoisotopic (exact) mass is 525 g/mol. The van der Waals surface area contributed by atoms with E-state index in [1.807, 2.05) is 35.9 Å². The number of phenols is 1. The second kappa shape index (κ2) is 9.46. The van der Waals surface area contributed by atoms with Crippen molar-refractivity contribution in [2.24, 2.45) is 7.05 Å². The zero-order valence-corrected chi connectivity index (χ0v) is 21.5. The number of hydrogen-bond acceptors (Lipinski definition) is 8. The molecule has 2 N–H and O–H groups in total. The summed E-state index contributed by atoms with van der Waals surface area (Å²) in [6.07, 6.45) is 8.02. The van der Waals surface area contributed by atoms with Gasteiger partial charge in [-0.2, -0.15) is 9.97 Å². The minimum absolute atomic E-state index is 0.0452. The standard InChI is InChI=1S/C29H28FN7O2/c1-36-16-31-12-20(36)8-9-39-29-34-27-24(28(35-29)37-14-18-6-7-19(15-37)33-18)13-32-26(25(27)30)23-11-21(38)10-17-4-2-3-5-22(17)23/h2-5,10-13,16,18-19,33,38H,6-9,14-15H2,1H3. The van der Waals surface area contributed by atoms with E-state index in [2.05, 4.69) is 25.2 Å². The Morgan fingerprint density at radius 2 is 1.90 bits per heavy atom. The number of halogens is 1. The zero-order valence-electron chi connectivity index (χ0n) is 21.5. The number of aromatic hydroxyl groups is 1. The third-order valence-electron chi connectivity index (χ3n) is 7.77. The van der Waals surface area contributed by atoms with E-state index < -0.39 is 5.82 Å². The molecule has 0 amide bonds. The molecule has 2 bridgehead atoms. The van der Waals surface area contributed by atoms with Crippen molar-refractivity contribution in [3.8, 4) is 23.0 Å². The van der Waals surface area contributed by atoms with E-state index in [0.717, 1.165) is 42.4 Å². The van der Waals surface area contributed by atoms with Crippen molar-refractivity contribution in [2.75, 3.05) is 24.6 Å². The summed E-state index contributed by atoms with van der Waals surface area (Å²) in [4.78, 5) is 20.2. The summed E-state index contributed by atoms with van der Waals surface area (Å²) in [6, 6.07) is 11.6. The third-order valence-corrected chi connectivity index (χ3v) is 7.77. The van der Waals surface area contributed by atoms with Gasteiger partial charge in [-0.05, 0) is 35.7 Å². The van der Waals surface area contributed by atoms with Crippen LogP contribution < -0.4 is 15.0 Å². The van der Waals surface area contributed by atoms with E-state index in [1.54, 1.807) is 30.9 Å². The Morgan fingerprint density at radius 3 is 2.69 bits per heavy atom. The van der Waals surface area contributed by atoms with Crippen LogP contribution in [0, 0.1) is 5.82 Å². The summed E-state index contributed by atoms with van der Waals surface area (Å²) in [5.74, 6) is 0.109. The van der Waals surface area contributed by atoms with Gasteiger partial charge in [0.15, 0.2) is 5.82 Å². The van der Waals surface area contributed by atoms with Gasteiger partial charge in [0.1, 0.15) is 22.8 Å². The van der Waals surface area contributed by atoms with Crippen LogP contribution in [0.5, 0.6) is 11.8 Å². The Balaban J connectivity index is 1.33. The molecule has 198 valence electrons. The lowest BCUT2D eigenvalue weighted by atomic mass is 10.0. The largest absolute Gasteiger partial charge is 0.508 e. The lowest BCUT2D eigenvalue weighted by Crippen LogP contribution is -2.51. The van der Waals surface area contributed by atoms with Crippen LogP contribution in [0.1, 0.15) is 18.5 Å². The number of fused-ring (bicyclic) bond motifs is 4. The van der Waals surface area contributed by atoms with Crippen molar-refractivity contribution in [2.45, 2.75) is 31.3 Å². The van der Waals surface area contributed by atoms with Gasteiger partial charge in [0.05, 0.1) is 18.3 Å². The first-order chi connectivity index (χ1) is 19.0. The van der Waals surface area contributed by atoms with Gasteiger partial charge in [-0.15, -0.1) is 0 Å². The SMILES string of the molecule is Cn1cncc1CCOc1nc(N2CC3CCC(C2)N3)c2cnc(-c3cc(O)cc4ccccc34)c(F)c2n1. The van der Waals surface area contributed by atoms with Crippen LogP contribution in [-0.2, 0) is 13.5 Å². The average molecular weight is 526 g/mol. The molecule has 2 aliphatic heterocycles. The molecule has 5 aromatic rings. The first-order valence-electron chi connectivity index (χ1n) is 13.2. The molecule has 2 fully saturated rings. The number of aromatic nitrogens is 5. The maximum absolute atomic E-state index is 16.4. The van der Waals surface area contributed by atoms with Gasteiger partial charge in [-0.3, -0.25) is 4.98 Å². The predicted molar refractivity (Wildman–Crippen MR) is 146 cm³/mol. The molecule has 2 aliphatic rings. The molecule has 0 aliphatic carbocycles. The first-order valence-corrected chi connectivity index (χ1v) is 13.2. The van der Waals surface area contributed by atoms with Gasteiger partial charge in [0.2, 0.25) is 0 Å². The van der Waals surface area contributed by atoms with Crippen LogP contribution in [0.15, 0.2) is 55.1 Å². The summed E-state index contributed by atoms with van der Waals surface area (Å²) in [5, 5.41) is 16.1. The number of piperazine rings is 1. The Hall–Kier alpha value is -4.31. The minimum atomic E-state index is -0.568. The number of hydrogen-bond donors (Lipinski definition) is 2. The van der Waals surface area contributed by atoms with Crippen LogP contribution >= 0.6 is 0 Å². The quantitative estimate of drug-likeness (QED) is 0.343. The number of imidazole rings is 1. The lowest BCUT2D eigenvalue weighted by Gasteiger charge is -2.34. The molecular weight excluding hydrogens is 497 g/mol. The highest BCUT2D eigenvalue weighted by Crippen LogP contribution is 2.37. The van der Waals surface area contributed by atoms with E-state index in [9.17, 15) is 5.11 Å². The fourth-order valence-corrected chi connectivity index (χ4v) is 5.85. The first kappa shape index (κ1) is 23.8. The third kappa shape index (κ3) is 4.30. The molecular formula is C29H28FN7O2. The van der Waals surface area contributed by atoms with Crippen molar-refractivity contribution in [3.63, 3.8) is 0 Å². The fourth-order valence-electron chi connectivity index (χ4n) is 5.85. The van der Waals surface area contributed by atoms with Crippen molar-refractivity contribution in [1.82, 2.24) is 29.8 Å². The number of nitrogens with one attached hydrogen (secondary N) is 1. The predicted octanol–water partition coefficient (Wildman–Crippen LogP) is 3.99. The number of phenolic OH excluding ortho intramolecular Hbond substituents is 1. The second-order valence-electron chi connectivity index (χ2n) is 10.4. The normalized spacial score (nSPS) is 18.8. The Morgan fingerprint density at radius 1 is 1.08 bits per heavy atom. The molecule has 5 heterocycles. The van der Waals surface area contributed by atoms with Crippen LogP contribution in [0.2, 0.25) is 0 Å². The highest BCUT2D eigenvalue weighted by molar-refractivity contribution is 5.99. The number of nitrogens with zero attached hydrogens (tertiary/aromatic N) is 6. The van der Waals surface area contributed by atoms with Crippen molar-refractivity contribution in [3.05, 3.63) is 66.6 Å². The number of anilines is 1. The smallest absolute Gasteiger partial charge is 0.319 e. The molecule has 7 rings (SSSR count). The Bertz CT molecular complexity index is 1690. The molecule has 2 aromatic carbocycles. The summed E-state index contributed by atoms with van der Waals surface area (Å²) >= 11 is 0.